The number of nitrogens with zero attached hydrogens (tertiary/aromatic N) is 3. The van der Waals surface area contributed by atoms with Crippen LogP contribution in [-0.4, -0.2) is 40.6 Å². The maximum absolute atomic E-state index is 14.0. The highest BCUT2D eigenvalue weighted by Crippen LogP contribution is 2.39. The molecule has 5 aromatic rings. The van der Waals surface area contributed by atoms with Gasteiger partial charge < -0.3 is 20.1 Å². The quantitative estimate of drug-likeness (QED) is 0.183. The normalized spacial score (nSPS) is 11.4. The molecular weight excluding hydrogens is 562 g/mol. The van der Waals surface area contributed by atoms with Gasteiger partial charge in [0.1, 0.15) is 0 Å². The van der Waals surface area contributed by atoms with Crippen LogP contribution >= 0.6 is 11.3 Å². The van der Waals surface area contributed by atoms with Crippen molar-refractivity contribution in [1.29, 1.82) is 0 Å². The minimum Gasteiger partial charge on any atom is -0.504 e. The summed E-state index contributed by atoms with van der Waals surface area (Å²) in [5.41, 5.74) is 2.51. The van der Waals surface area contributed by atoms with Crippen molar-refractivity contribution >= 4 is 32.2 Å². The van der Waals surface area contributed by atoms with Crippen LogP contribution in [0.4, 0.5) is 19.6 Å². The second-order valence-electron chi connectivity index (χ2n) is 8.56. The molecule has 0 aliphatic carbocycles. The Hall–Kier alpha value is -4.56. The van der Waals surface area contributed by atoms with Crippen molar-refractivity contribution in [3.63, 3.8) is 0 Å². The van der Waals surface area contributed by atoms with Crippen molar-refractivity contribution in [3.8, 4) is 33.3 Å². The number of hydrogen-bond acceptors (Lipinski definition) is 9. The monoisotopic (exact) mass is 584 g/mol. The number of nitrogens with one attached hydrogen (secondary N) is 3. The Morgan fingerprint density at radius 1 is 1.12 bits per heavy atom. The maximum atomic E-state index is 14.0. The van der Waals surface area contributed by atoms with E-state index in [4.69, 9.17) is 4.74 Å². The Kier molecular flexibility index (Phi) is 7.36. The van der Waals surface area contributed by atoms with Crippen molar-refractivity contribution in [2.45, 2.75) is 18.5 Å². The summed E-state index contributed by atoms with van der Waals surface area (Å²) < 4.78 is 61.6. The third kappa shape index (κ3) is 5.44. The summed E-state index contributed by atoms with van der Waals surface area (Å²) >= 11 is 1.000. The molecule has 206 valence electrons. The molecule has 0 spiro atoms. The summed E-state index contributed by atoms with van der Waals surface area (Å²) in [6, 6.07) is 10.0. The van der Waals surface area contributed by atoms with E-state index in [1.54, 1.807) is 31.2 Å². The first-order chi connectivity index (χ1) is 19.2. The topological polar surface area (TPSA) is 142 Å². The van der Waals surface area contributed by atoms with Gasteiger partial charge in [-0.1, -0.05) is 23.5 Å². The summed E-state index contributed by atoms with van der Waals surface area (Å²) in [5, 5.41) is 13.2. The van der Waals surface area contributed by atoms with Crippen LogP contribution in [-0.2, 0) is 16.6 Å². The average molecular weight is 585 g/mol. The van der Waals surface area contributed by atoms with Crippen LogP contribution in [0.3, 0.4) is 0 Å². The van der Waals surface area contributed by atoms with E-state index in [1.165, 1.54) is 31.9 Å². The van der Waals surface area contributed by atoms with Crippen molar-refractivity contribution in [2.75, 3.05) is 17.1 Å². The summed E-state index contributed by atoms with van der Waals surface area (Å²) in [7, 11) is -2.71. The highest BCUT2D eigenvalue weighted by atomic mass is 32.2. The average Bonchev–Trinajstić information content (AvgIpc) is 3.59. The third-order valence-electron chi connectivity index (χ3n) is 5.85. The Bertz CT molecular complexity index is 1790. The fraction of sp³-hybridized carbons (Fsp3) is 0.115. The number of aromatic amines is 1. The number of aromatic hydroxyl groups is 1. The van der Waals surface area contributed by atoms with E-state index in [0.29, 0.717) is 33.1 Å². The van der Waals surface area contributed by atoms with Crippen molar-refractivity contribution in [2.24, 2.45) is 0 Å². The summed E-state index contributed by atoms with van der Waals surface area (Å²) in [5.74, 6) is -1.72. The maximum Gasteiger partial charge on any atom is 0.281 e. The lowest BCUT2D eigenvalue weighted by Gasteiger charge is -2.12. The first-order valence-corrected chi connectivity index (χ1v) is 14.0. The number of para-hydroxylation sites is 1. The molecule has 0 saturated carbocycles. The molecule has 0 aliphatic heterocycles. The molecule has 3 heterocycles. The summed E-state index contributed by atoms with van der Waals surface area (Å²) in [6.07, 6.45) is 4.31. The molecule has 0 saturated heterocycles. The molecular formula is C26H22F2N6O4S2. The number of anilines is 2. The molecule has 5 rings (SSSR count). The molecule has 10 nitrogen and oxygen atoms in total. The van der Waals surface area contributed by atoms with Crippen LogP contribution in [0.2, 0.25) is 0 Å². The van der Waals surface area contributed by atoms with Gasteiger partial charge in [-0.15, -0.1) is 0 Å². The molecule has 0 fully saturated rings. The van der Waals surface area contributed by atoms with Gasteiger partial charge in [-0.25, -0.2) is 23.7 Å². The number of phenolic OH excluding ortho intramolecular Hbond substituents is 1. The number of halogens is 2. The third-order valence-corrected chi connectivity index (χ3v) is 8.39. The minimum atomic E-state index is -4.17. The molecule has 14 heteroatoms. The van der Waals surface area contributed by atoms with E-state index in [2.05, 4.69) is 30.0 Å². The van der Waals surface area contributed by atoms with Crippen molar-refractivity contribution in [3.05, 3.63) is 83.9 Å². The fourth-order valence-corrected chi connectivity index (χ4v) is 6.30. The van der Waals surface area contributed by atoms with Crippen molar-refractivity contribution in [1.82, 2.24) is 19.9 Å². The fourth-order valence-electron chi connectivity index (χ4n) is 3.94. The smallest absolute Gasteiger partial charge is 0.281 e. The van der Waals surface area contributed by atoms with E-state index >= 15 is 0 Å². The van der Waals surface area contributed by atoms with Gasteiger partial charge in [-0.3, -0.25) is 4.72 Å². The number of rotatable bonds is 9. The van der Waals surface area contributed by atoms with E-state index in [0.717, 1.165) is 23.5 Å². The van der Waals surface area contributed by atoms with E-state index in [1.807, 2.05) is 0 Å². The highest BCUT2D eigenvalue weighted by Gasteiger charge is 2.24. The number of ether oxygens (including phenoxy) is 1. The molecule has 0 amide bonds. The molecule has 0 unspecified atom stereocenters. The minimum absolute atomic E-state index is 0.00114. The van der Waals surface area contributed by atoms with Gasteiger partial charge in [-0.2, -0.15) is 8.42 Å². The molecule has 4 N–H and O–H groups in total. The molecule has 0 radical (unpaired) electrons. The van der Waals surface area contributed by atoms with Gasteiger partial charge in [0.25, 0.3) is 10.0 Å². The molecule has 2 aromatic carbocycles. The van der Waals surface area contributed by atoms with Crippen LogP contribution in [0.15, 0.2) is 66.2 Å². The van der Waals surface area contributed by atoms with Gasteiger partial charge in [0.15, 0.2) is 33.3 Å². The molecule has 0 aliphatic rings. The lowest BCUT2D eigenvalue weighted by atomic mass is 10.1. The van der Waals surface area contributed by atoms with Gasteiger partial charge in [0, 0.05) is 17.7 Å². The molecule has 0 atom stereocenters. The largest absolute Gasteiger partial charge is 0.504 e. The number of H-pyrrole nitrogens is 1. The van der Waals surface area contributed by atoms with E-state index in [-0.39, 0.29) is 33.7 Å². The van der Waals surface area contributed by atoms with Crippen LogP contribution < -0.4 is 14.8 Å². The van der Waals surface area contributed by atoms with Gasteiger partial charge >= 0.3 is 0 Å². The second-order valence-corrected chi connectivity index (χ2v) is 11.2. The number of benzene rings is 2. The number of aromatic nitrogens is 4. The van der Waals surface area contributed by atoms with Gasteiger partial charge in [0.2, 0.25) is 0 Å². The Balaban J connectivity index is 1.40. The Morgan fingerprint density at radius 2 is 1.95 bits per heavy atom. The van der Waals surface area contributed by atoms with Crippen LogP contribution in [0, 0.1) is 18.6 Å². The molecule has 3 aromatic heterocycles. The van der Waals surface area contributed by atoms with E-state index in [9.17, 15) is 22.3 Å². The summed E-state index contributed by atoms with van der Waals surface area (Å²) in [4.78, 5) is 15.9. The zero-order valence-electron chi connectivity index (χ0n) is 21.1. The first kappa shape index (κ1) is 27.0. The number of phenols is 1. The van der Waals surface area contributed by atoms with Crippen LogP contribution in [0.1, 0.15) is 11.1 Å². The zero-order valence-corrected chi connectivity index (χ0v) is 22.7. The predicted octanol–water partition coefficient (Wildman–Crippen LogP) is 5.31. The first-order valence-electron chi connectivity index (χ1n) is 11.7. The second kappa shape index (κ2) is 10.9. The number of pyridine rings is 1. The number of aryl methyl sites for hydroxylation is 1. The number of methoxy groups -OCH3 is 1. The van der Waals surface area contributed by atoms with Gasteiger partial charge in [0.05, 0.1) is 47.8 Å². The summed E-state index contributed by atoms with van der Waals surface area (Å²) in [6.45, 7) is 1.84. The standard InChI is InChI=1S/C26H22F2N6O4S2/c1-14-8-17(30-10-16-4-3-5-21(38-2)23(16)35)11-31-25(14)40(36,37)34-26-33-22(15-6-7-18(27)19(28)9-15)24(39-26)20-12-29-13-32-20/h3-9,11-13,30,35H,10H2,1-2H3,(H,29,32)(H,33,34). The lowest BCUT2D eigenvalue weighted by Crippen LogP contribution is -2.16. The number of sulfonamides is 1. The molecule has 0 bridgehead atoms. The van der Waals surface area contributed by atoms with Crippen molar-refractivity contribution < 1.29 is 27.0 Å². The van der Waals surface area contributed by atoms with E-state index < -0.39 is 21.7 Å². The SMILES string of the molecule is COc1cccc(CNc2cnc(S(=O)(=O)Nc3nc(-c4ccc(F)c(F)c4)c(-c4cnc[nH]4)s3)c(C)c2)c1O. The lowest BCUT2D eigenvalue weighted by molar-refractivity contribution is 0.371. The predicted molar refractivity (Wildman–Crippen MR) is 147 cm³/mol. The number of imidazole rings is 1. The van der Waals surface area contributed by atoms with Crippen LogP contribution in [0.25, 0.3) is 21.8 Å². The number of hydrogen-bond donors (Lipinski definition) is 4. The molecule has 40 heavy (non-hydrogen) atoms. The van der Waals surface area contributed by atoms with Gasteiger partial charge in [-0.05, 0) is 42.8 Å². The Morgan fingerprint density at radius 3 is 2.65 bits per heavy atom. The number of thiazole rings is 1. The highest BCUT2D eigenvalue weighted by molar-refractivity contribution is 7.92. The zero-order chi connectivity index (χ0) is 28.4. The Labute approximate surface area is 231 Å². The van der Waals surface area contributed by atoms with Crippen LogP contribution in [0.5, 0.6) is 11.5 Å².